The van der Waals surface area contributed by atoms with E-state index in [9.17, 15) is 31.2 Å². The van der Waals surface area contributed by atoms with Gasteiger partial charge in [-0.3, -0.25) is 9.59 Å². The Morgan fingerprint density at radius 3 is 2.47 bits per heavy atom. The van der Waals surface area contributed by atoms with Gasteiger partial charge < -0.3 is 15.4 Å². The summed E-state index contributed by atoms with van der Waals surface area (Å²) in [5.41, 5.74) is 0.891. The minimum atomic E-state index is -4.60. The maximum atomic E-state index is 13.1. The normalized spacial score (nSPS) is 12.3. The molecule has 2 N–H and O–H groups in total. The zero-order chi connectivity index (χ0) is 28.1. The topological polar surface area (TPSA) is 138 Å². The summed E-state index contributed by atoms with van der Waals surface area (Å²) in [5, 5.41) is 16.1. The van der Waals surface area contributed by atoms with Gasteiger partial charge in [-0.2, -0.15) is 18.4 Å². The van der Waals surface area contributed by atoms with E-state index in [0.717, 1.165) is 17.5 Å². The quantitative estimate of drug-likeness (QED) is 0.395. The van der Waals surface area contributed by atoms with Crippen LogP contribution in [0, 0.1) is 11.3 Å². The summed E-state index contributed by atoms with van der Waals surface area (Å²) in [6.45, 7) is 1.14. The fraction of sp³-hybridized carbons (Fsp3) is 0.250. The Morgan fingerprint density at radius 1 is 1.21 bits per heavy atom. The Morgan fingerprint density at radius 2 is 1.89 bits per heavy atom. The van der Waals surface area contributed by atoms with Crippen LogP contribution in [-0.4, -0.2) is 43.8 Å². The van der Waals surface area contributed by atoms with Gasteiger partial charge in [-0.25, -0.2) is 13.4 Å². The molecule has 0 saturated heterocycles. The molecule has 1 aromatic carbocycles. The van der Waals surface area contributed by atoms with Crippen LogP contribution >= 0.6 is 11.3 Å². The van der Waals surface area contributed by atoms with Crippen LogP contribution < -0.4 is 15.4 Å². The fourth-order valence-corrected chi connectivity index (χ4v) is 4.95. The summed E-state index contributed by atoms with van der Waals surface area (Å²) in [5.74, 6) is -1.58. The Labute approximate surface area is 220 Å². The molecule has 200 valence electrons. The number of carbonyl (C=O) groups is 2. The monoisotopic (exact) mass is 566 g/mol. The maximum absolute atomic E-state index is 13.1. The second-order valence-electron chi connectivity index (χ2n) is 7.89. The van der Waals surface area contributed by atoms with E-state index in [2.05, 4.69) is 15.6 Å². The molecule has 2 aromatic heterocycles. The second kappa shape index (κ2) is 11.6. The van der Waals surface area contributed by atoms with Gasteiger partial charge in [0.2, 0.25) is 11.8 Å². The van der Waals surface area contributed by atoms with Gasteiger partial charge in [0, 0.05) is 24.1 Å². The summed E-state index contributed by atoms with van der Waals surface area (Å²) < 4.78 is 66.9. The van der Waals surface area contributed by atoms with Gasteiger partial charge in [0.15, 0.2) is 16.4 Å². The van der Waals surface area contributed by atoms with Crippen molar-refractivity contribution in [3.8, 4) is 23.1 Å². The summed E-state index contributed by atoms with van der Waals surface area (Å²) in [4.78, 5) is 28.7. The van der Waals surface area contributed by atoms with Gasteiger partial charge in [-0.1, -0.05) is 19.1 Å². The van der Waals surface area contributed by atoms with Crippen LogP contribution in [0.3, 0.4) is 0 Å². The average molecular weight is 567 g/mol. The van der Waals surface area contributed by atoms with Gasteiger partial charge in [0.05, 0.1) is 21.2 Å². The number of alkyl halides is 3. The molecule has 9 nitrogen and oxygen atoms in total. The van der Waals surface area contributed by atoms with Gasteiger partial charge in [0.1, 0.15) is 12.1 Å². The Bertz CT molecular complexity index is 1480. The van der Waals surface area contributed by atoms with Crippen LogP contribution in [0.4, 0.5) is 18.2 Å². The number of carbonyl (C=O) groups excluding carboxylic acids is 2. The molecule has 1 atom stereocenters. The van der Waals surface area contributed by atoms with Crippen molar-refractivity contribution >= 4 is 38.0 Å². The first-order valence-electron chi connectivity index (χ1n) is 10.9. The molecule has 2 amide bonds. The maximum Gasteiger partial charge on any atom is 0.422 e. The molecule has 0 fully saturated rings. The van der Waals surface area contributed by atoms with E-state index in [4.69, 9.17) is 10.00 Å². The number of halogens is 3. The summed E-state index contributed by atoms with van der Waals surface area (Å²) in [7, 11) is -3.46. The van der Waals surface area contributed by atoms with E-state index in [1.807, 2.05) is 6.07 Å². The average Bonchev–Trinajstić information content (AvgIpc) is 3.33. The van der Waals surface area contributed by atoms with Gasteiger partial charge in [0.25, 0.3) is 5.91 Å². The highest BCUT2D eigenvalue weighted by Crippen LogP contribution is 2.35. The van der Waals surface area contributed by atoms with Crippen LogP contribution in [0.5, 0.6) is 5.88 Å². The first-order chi connectivity index (χ1) is 17.8. The number of aromatic nitrogens is 1. The standard InChI is InChI=1S/C24H21F3N4O5S2/c1-3-38(34,35)18-6-4-16(5-7-18)21(30-14(2)32)22(33)31-20-9-17(12-37-20)19-8-15(10-28)11-29-23(19)36-13-24(25,26)27/h4-9,11-12,21H,3,13H2,1-2H3,(H,30,32)(H,31,33). The van der Waals surface area contributed by atoms with Crippen molar-refractivity contribution < 1.29 is 35.9 Å². The minimum Gasteiger partial charge on any atom is -0.468 e. The van der Waals surface area contributed by atoms with Crippen molar-refractivity contribution in [3.05, 3.63) is 59.1 Å². The molecule has 14 heteroatoms. The molecule has 3 aromatic rings. The molecule has 0 bridgehead atoms. The van der Waals surface area contributed by atoms with Crippen molar-refractivity contribution in [2.24, 2.45) is 0 Å². The lowest BCUT2D eigenvalue weighted by atomic mass is 10.1. The number of ether oxygens (including phenoxy) is 1. The third kappa shape index (κ3) is 7.30. The number of hydrogen-bond donors (Lipinski definition) is 2. The molecule has 0 radical (unpaired) electrons. The largest absolute Gasteiger partial charge is 0.468 e. The van der Waals surface area contributed by atoms with Gasteiger partial charge >= 0.3 is 6.18 Å². The molecule has 38 heavy (non-hydrogen) atoms. The van der Waals surface area contributed by atoms with E-state index in [1.54, 1.807) is 0 Å². The molecule has 0 aliphatic rings. The summed E-state index contributed by atoms with van der Waals surface area (Å²) in [6, 6.07) is 9.01. The number of amides is 2. The number of benzene rings is 1. The lowest BCUT2D eigenvalue weighted by Crippen LogP contribution is -2.35. The van der Waals surface area contributed by atoms with Crippen LogP contribution in [0.1, 0.15) is 31.0 Å². The van der Waals surface area contributed by atoms with E-state index < -0.39 is 40.5 Å². The number of nitrogens with one attached hydrogen (secondary N) is 2. The van der Waals surface area contributed by atoms with Crippen LogP contribution in [0.25, 0.3) is 11.1 Å². The first-order valence-corrected chi connectivity index (χ1v) is 13.5. The number of nitrogens with zero attached hydrogens (tertiary/aromatic N) is 2. The summed E-state index contributed by atoms with van der Waals surface area (Å²) >= 11 is 1.05. The summed E-state index contributed by atoms with van der Waals surface area (Å²) in [6.07, 6.45) is -3.52. The van der Waals surface area contributed by atoms with Gasteiger partial charge in [-0.15, -0.1) is 11.3 Å². The zero-order valence-electron chi connectivity index (χ0n) is 20.0. The SMILES string of the molecule is CCS(=O)(=O)c1ccc(C(NC(C)=O)C(=O)Nc2cc(-c3cc(C#N)cnc3OCC(F)(F)F)cs2)cc1. The number of anilines is 1. The Hall–Kier alpha value is -3.96. The minimum absolute atomic E-state index is 0.0744. The molecule has 0 saturated carbocycles. The highest BCUT2D eigenvalue weighted by molar-refractivity contribution is 7.91. The molecular formula is C24H21F3N4O5S2. The van der Waals surface area contributed by atoms with E-state index >= 15 is 0 Å². The molecule has 1 unspecified atom stereocenters. The van der Waals surface area contributed by atoms with Crippen molar-refractivity contribution in [2.75, 3.05) is 17.7 Å². The number of thiophene rings is 1. The molecule has 0 aliphatic carbocycles. The predicted octanol–water partition coefficient (Wildman–Crippen LogP) is 4.23. The van der Waals surface area contributed by atoms with E-state index in [0.29, 0.717) is 11.1 Å². The zero-order valence-corrected chi connectivity index (χ0v) is 21.6. The number of pyridine rings is 1. The first kappa shape index (κ1) is 28.6. The third-order valence-corrected chi connectivity index (χ3v) is 7.67. The molecule has 0 spiro atoms. The highest BCUT2D eigenvalue weighted by Gasteiger charge is 2.29. The smallest absolute Gasteiger partial charge is 0.422 e. The molecule has 0 aliphatic heterocycles. The van der Waals surface area contributed by atoms with Crippen molar-refractivity contribution in [3.63, 3.8) is 0 Å². The molecular weight excluding hydrogens is 545 g/mol. The number of nitriles is 1. The lowest BCUT2D eigenvalue weighted by molar-refractivity contribution is -0.154. The van der Waals surface area contributed by atoms with Gasteiger partial charge in [-0.05, 0) is 35.4 Å². The number of hydrogen-bond acceptors (Lipinski definition) is 8. The highest BCUT2D eigenvalue weighted by atomic mass is 32.2. The molecule has 2 heterocycles. The van der Waals surface area contributed by atoms with Crippen molar-refractivity contribution in [2.45, 2.75) is 31.0 Å². The van der Waals surface area contributed by atoms with E-state index in [-0.39, 0.29) is 32.7 Å². The number of sulfone groups is 1. The predicted molar refractivity (Wildman–Crippen MR) is 133 cm³/mol. The number of rotatable bonds is 9. The van der Waals surface area contributed by atoms with Crippen molar-refractivity contribution in [1.29, 1.82) is 5.26 Å². The second-order valence-corrected chi connectivity index (χ2v) is 11.1. The Balaban J connectivity index is 1.86. The van der Waals surface area contributed by atoms with Crippen molar-refractivity contribution in [1.82, 2.24) is 10.3 Å². The van der Waals surface area contributed by atoms with Crippen LogP contribution in [0.15, 0.2) is 52.9 Å². The fourth-order valence-electron chi connectivity index (χ4n) is 3.26. The third-order valence-electron chi connectivity index (χ3n) is 5.07. The molecule has 3 rings (SSSR count). The van der Waals surface area contributed by atoms with E-state index in [1.165, 1.54) is 55.6 Å². The Kier molecular flexibility index (Phi) is 8.74. The van der Waals surface area contributed by atoms with Crippen LogP contribution in [-0.2, 0) is 19.4 Å². The van der Waals surface area contributed by atoms with Crippen LogP contribution in [0.2, 0.25) is 0 Å². The lowest BCUT2D eigenvalue weighted by Gasteiger charge is -2.18.